The van der Waals surface area contributed by atoms with Crippen LogP contribution in [-0.2, 0) is 19.1 Å². The Morgan fingerprint density at radius 1 is 1.25 bits per heavy atom. The first-order valence-corrected chi connectivity index (χ1v) is 13.4. The predicted octanol–water partition coefficient (Wildman–Crippen LogP) is 3.28. The van der Waals surface area contributed by atoms with Crippen LogP contribution in [0.15, 0.2) is 18.2 Å². The highest BCUT2D eigenvalue weighted by Gasteiger charge is 2.79. The van der Waals surface area contributed by atoms with Gasteiger partial charge < -0.3 is 25.4 Å². The van der Waals surface area contributed by atoms with Gasteiger partial charge in [0.05, 0.1) is 40.8 Å². The molecule has 3 amide bonds. The second kappa shape index (κ2) is 9.95. The number of rotatable bonds is 9. The number of amides is 3. The highest BCUT2D eigenvalue weighted by atomic mass is 35.5. The molecule has 0 aliphatic carbocycles. The highest BCUT2D eigenvalue weighted by Crippen LogP contribution is 2.64. The van der Waals surface area contributed by atoms with Crippen molar-refractivity contribution in [3.63, 3.8) is 0 Å². The molecule has 6 atom stereocenters. The van der Waals surface area contributed by atoms with Gasteiger partial charge in [0.2, 0.25) is 17.7 Å². The van der Waals surface area contributed by atoms with Gasteiger partial charge in [0.25, 0.3) is 0 Å². The molecule has 8 nitrogen and oxygen atoms in total. The Morgan fingerprint density at radius 2 is 1.97 bits per heavy atom. The minimum atomic E-state index is -1.15. The topological polar surface area (TPSA) is 108 Å². The van der Waals surface area contributed by atoms with E-state index in [1.54, 1.807) is 12.1 Å². The molecule has 198 valence electrons. The van der Waals surface area contributed by atoms with Gasteiger partial charge in [0.1, 0.15) is 11.6 Å². The molecule has 36 heavy (non-hydrogen) atoms. The van der Waals surface area contributed by atoms with Gasteiger partial charge >= 0.3 is 0 Å². The number of halogens is 1. The number of ether oxygens (including phenoxy) is 1. The van der Waals surface area contributed by atoms with Gasteiger partial charge in [-0.25, -0.2) is 0 Å². The number of fused-ring (bicyclic) bond motifs is 1. The number of carbonyl (C=O) groups excluding carboxylic acids is 3. The van der Waals surface area contributed by atoms with E-state index < -0.39 is 41.0 Å². The molecule has 1 aromatic rings. The largest absolute Gasteiger partial charge is 0.394 e. The number of aliphatic hydroxyl groups is 1. The third-order valence-corrected chi connectivity index (χ3v) is 8.80. The van der Waals surface area contributed by atoms with E-state index in [0.717, 1.165) is 12.0 Å². The fourth-order valence-electron chi connectivity index (χ4n) is 6.67. The van der Waals surface area contributed by atoms with Gasteiger partial charge in [-0.3, -0.25) is 14.4 Å². The maximum Gasteiger partial charge on any atom is 0.250 e. The smallest absolute Gasteiger partial charge is 0.250 e. The van der Waals surface area contributed by atoms with Crippen molar-refractivity contribution >= 4 is 35.0 Å². The Bertz CT molecular complexity index is 1030. The fraction of sp³-hybridized carbons (Fsp3) is 0.667. The van der Waals surface area contributed by atoms with Gasteiger partial charge in [-0.1, -0.05) is 51.4 Å². The summed E-state index contributed by atoms with van der Waals surface area (Å²) in [6, 6.07) is 3.76. The Labute approximate surface area is 218 Å². The van der Waals surface area contributed by atoms with Crippen LogP contribution in [0.2, 0.25) is 5.02 Å². The summed E-state index contributed by atoms with van der Waals surface area (Å²) in [5.74, 6) is -2.51. The van der Waals surface area contributed by atoms with Crippen molar-refractivity contribution in [2.75, 3.05) is 18.5 Å². The molecule has 4 rings (SSSR count). The molecule has 0 saturated carbocycles. The summed E-state index contributed by atoms with van der Waals surface area (Å²) in [7, 11) is 0. The monoisotopic (exact) mass is 519 g/mol. The lowest BCUT2D eigenvalue weighted by Crippen LogP contribution is -2.57. The Balaban J connectivity index is 1.82. The average Bonchev–Trinajstić information content (AvgIpc) is 3.44. The molecule has 3 saturated heterocycles. The van der Waals surface area contributed by atoms with E-state index in [1.165, 1.54) is 4.90 Å². The SMILES string of the molecule is CCCNC(=O)[C@H]1[C@H]2C(=O)N([C@@H](CO)C(C)C)C(C(=O)Nc3c(C)cccc3Cl)C23CC[C@]1(CC)O3. The van der Waals surface area contributed by atoms with Crippen LogP contribution in [0.25, 0.3) is 0 Å². The lowest BCUT2D eigenvalue weighted by Gasteiger charge is -2.38. The van der Waals surface area contributed by atoms with Crippen molar-refractivity contribution < 1.29 is 24.2 Å². The summed E-state index contributed by atoms with van der Waals surface area (Å²) in [6.45, 7) is 9.82. The molecule has 9 heteroatoms. The number of aryl methyl sites for hydroxylation is 1. The van der Waals surface area contributed by atoms with Gasteiger partial charge in [0, 0.05) is 6.54 Å². The minimum Gasteiger partial charge on any atom is -0.394 e. The third-order valence-electron chi connectivity index (χ3n) is 8.48. The number of para-hydroxylation sites is 1. The first-order valence-electron chi connectivity index (χ1n) is 13.0. The number of nitrogens with one attached hydrogen (secondary N) is 2. The lowest BCUT2D eigenvalue weighted by molar-refractivity contribution is -0.150. The third kappa shape index (κ3) is 3.92. The van der Waals surface area contributed by atoms with Crippen LogP contribution in [0.1, 0.15) is 58.9 Å². The summed E-state index contributed by atoms with van der Waals surface area (Å²) in [5, 5.41) is 16.6. The van der Waals surface area contributed by atoms with Crippen molar-refractivity contribution in [1.82, 2.24) is 10.2 Å². The number of carbonyl (C=O) groups is 3. The van der Waals surface area contributed by atoms with Crippen molar-refractivity contribution in [2.24, 2.45) is 17.8 Å². The molecule has 2 unspecified atom stereocenters. The second-order valence-corrected chi connectivity index (χ2v) is 11.2. The van der Waals surface area contributed by atoms with Crippen molar-refractivity contribution in [3.8, 4) is 0 Å². The molecule has 3 fully saturated rings. The molecular formula is C27H38ClN3O5. The standard InChI is InChI=1S/C27H38ClN3O5/c1-6-13-29-23(33)19-20-25(35)31(18(14-32)15(3)4)22(27(20)12-11-26(19,7-2)36-27)24(34)30-21-16(5)9-8-10-17(21)28/h8-10,15,18-20,22,32H,6-7,11-14H2,1-5H3,(H,29,33)(H,30,34)/t18-,19+,20-,22?,26-,27?/m0/s1. The number of nitrogens with zero attached hydrogens (tertiary/aromatic N) is 1. The number of anilines is 1. The van der Waals surface area contributed by atoms with Crippen LogP contribution in [0, 0.1) is 24.7 Å². The molecule has 3 heterocycles. The molecule has 0 aromatic heterocycles. The van der Waals surface area contributed by atoms with E-state index in [-0.39, 0.29) is 24.3 Å². The fourth-order valence-corrected chi connectivity index (χ4v) is 6.94. The molecule has 1 aromatic carbocycles. The van der Waals surface area contributed by atoms with Crippen LogP contribution in [0.5, 0.6) is 0 Å². The molecular weight excluding hydrogens is 482 g/mol. The molecule has 0 radical (unpaired) electrons. The highest BCUT2D eigenvalue weighted by molar-refractivity contribution is 6.34. The van der Waals surface area contributed by atoms with Crippen LogP contribution >= 0.6 is 11.6 Å². The van der Waals surface area contributed by atoms with Crippen LogP contribution in [-0.4, -0.2) is 64.2 Å². The van der Waals surface area contributed by atoms with E-state index in [0.29, 0.717) is 36.5 Å². The molecule has 1 spiro atoms. The average molecular weight is 520 g/mol. The van der Waals surface area contributed by atoms with Crippen LogP contribution in [0.3, 0.4) is 0 Å². The molecule has 3 aliphatic rings. The van der Waals surface area contributed by atoms with Crippen LogP contribution in [0.4, 0.5) is 5.69 Å². The van der Waals surface area contributed by atoms with E-state index >= 15 is 0 Å². The van der Waals surface area contributed by atoms with E-state index in [4.69, 9.17) is 16.3 Å². The number of likely N-dealkylation sites (tertiary alicyclic amines) is 1. The Hall–Kier alpha value is -2.16. The predicted molar refractivity (Wildman–Crippen MR) is 138 cm³/mol. The van der Waals surface area contributed by atoms with Crippen molar-refractivity contribution in [2.45, 2.75) is 83.6 Å². The summed E-state index contributed by atoms with van der Waals surface area (Å²) in [5.41, 5.74) is -0.670. The lowest BCUT2D eigenvalue weighted by atomic mass is 9.65. The maximum absolute atomic E-state index is 14.2. The van der Waals surface area contributed by atoms with Gasteiger partial charge in [-0.05, 0) is 50.2 Å². The Kier molecular flexibility index (Phi) is 7.43. The Morgan fingerprint density at radius 3 is 2.56 bits per heavy atom. The van der Waals surface area contributed by atoms with E-state index in [1.807, 2.05) is 40.7 Å². The normalized spacial score (nSPS) is 31.6. The number of aliphatic hydroxyl groups excluding tert-OH is 1. The zero-order chi connectivity index (χ0) is 26.4. The molecule has 2 bridgehead atoms. The summed E-state index contributed by atoms with van der Waals surface area (Å²) in [6.07, 6.45) is 2.41. The van der Waals surface area contributed by atoms with E-state index in [9.17, 15) is 19.5 Å². The summed E-state index contributed by atoms with van der Waals surface area (Å²) in [4.78, 5) is 43.2. The van der Waals surface area contributed by atoms with E-state index in [2.05, 4.69) is 10.6 Å². The number of hydrogen-bond acceptors (Lipinski definition) is 5. The molecule has 3 aliphatic heterocycles. The first kappa shape index (κ1) is 26.9. The summed E-state index contributed by atoms with van der Waals surface area (Å²) < 4.78 is 6.74. The van der Waals surface area contributed by atoms with Crippen molar-refractivity contribution in [3.05, 3.63) is 28.8 Å². The van der Waals surface area contributed by atoms with Gasteiger partial charge in [-0.2, -0.15) is 0 Å². The zero-order valence-corrected chi connectivity index (χ0v) is 22.5. The van der Waals surface area contributed by atoms with Gasteiger partial charge in [0.15, 0.2) is 0 Å². The van der Waals surface area contributed by atoms with Crippen LogP contribution < -0.4 is 10.6 Å². The minimum absolute atomic E-state index is 0.115. The van der Waals surface area contributed by atoms with Gasteiger partial charge in [-0.15, -0.1) is 0 Å². The molecule has 3 N–H and O–H groups in total. The maximum atomic E-state index is 14.2. The summed E-state index contributed by atoms with van der Waals surface area (Å²) >= 11 is 6.41. The quantitative estimate of drug-likeness (QED) is 0.464. The second-order valence-electron chi connectivity index (χ2n) is 10.8. The number of benzene rings is 1. The first-order chi connectivity index (χ1) is 17.1. The van der Waals surface area contributed by atoms with Crippen molar-refractivity contribution in [1.29, 1.82) is 0 Å². The number of hydrogen-bond donors (Lipinski definition) is 3. The zero-order valence-electron chi connectivity index (χ0n) is 21.8.